The highest BCUT2D eigenvalue weighted by Crippen LogP contribution is 2.38. The summed E-state index contributed by atoms with van der Waals surface area (Å²) < 4.78 is 2.06. The minimum absolute atomic E-state index is 0.119. The fraction of sp³-hybridized carbons (Fsp3) is 0.526. The number of nitrogens with zero attached hydrogens (tertiary/aromatic N) is 3. The fourth-order valence-corrected chi connectivity index (χ4v) is 3.93. The van der Waals surface area contributed by atoms with Crippen LogP contribution in [0.3, 0.4) is 0 Å². The molecule has 2 N–H and O–H groups in total. The van der Waals surface area contributed by atoms with Crippen molar-refractivity contribution in [3.05, 3.63) is 29.6 Å². The summed E-state index contributed by atoms with van der Waals surface area (Å²) in [4.78, 5) is 20.6. The van der Waals surface area contributed by atoms with E-state index in [0.717, 1.165) is 36.7 Å². The summed E-state index contributed by atoms with van der Waals surface area (Å²) in [6, 6.07) is 5.74. The Morgan fingerprint density at radius 2 is 2.12 bits per heavy atom. The first kappa shape index (κ1) is 16.1. The lowest BCUT2D eigenvalue weighted by Gasteiger charge is -2.29. The van der Waals surface area contributed by atoms with Gasteiger partial charge in [-0.1, -0.05) is 18.9 Å². The van der Waals surface area contributed by atoms with Gasteiger partial charge in [0.05, 0.1) is 29.6 Å². The van der Waals surface area contributed by atoms with Crippen LogP contribution in [0, 0.1) is 6.57 Å². The molecule has 0 radical (unpaired) electrons. The maximum Gasteiger partial charge on any atom is 0.229 e. The molecule has 0 atom stereocenters. The predicted molar refractivity (Wildman–Crippen MR) is 95.5 cm³/mol. The first-order valence-corrected chi connectivity index (χ1v) is 9.00. The van der Waals surface area contributed by atoms with E-state index in [9.17, 15) is 9.90 Å². The summed E-state index contributed by atoms with van der Waals surface area (Å²) in [5, 5.41) is 13.4. The van der Waals surface area contributed by atoms with E-state index in [-0.39, 0.29) is 12.3 Å². The quantitative estimate of drug-likeness (QED) is 0.829. The average molecular weight is 338 g/mol. The van der Waals surface area contributed by atoms with Gasteiger partial charge in [-0.2, -0.15) is 0 Å². The number of carbonyl (C=O) groups excluding carboxylic acids is 1. The standard InChI is InChI=1S/C19H22N4O2/c1-20-13-7-8-15-16(11-13)23(14-5-4-6-14)18(21-15)22-17(24)12-19(25)9-2-3-10-19/h7-8,11,14,25H,2-6,9-10,12H2,(H,21,22,24). The molecule has 1 heterocycles. The number of anilines is 1. The van der Waals surface area contributed by atoms with Gasteiger partial charge in [0.2, 0.25) is 11.9 Å². The fourth-order valence-electron chi connectivity index (χ4n) is 3.93. The van der Waals surface area contributed by atoms with E-state index in [1.807, 2.05) is 12.1 Å². The van der Waals surface area contributed by atoms with Crippen LogP contribution >= 0.6 is 0 Å². The molecule has 2 aromatic rings. The molecule has 0 aliphatic heterocycles. The molecular formula is C19H22N4O2. The van der Waals surface area contributed by atoms with Crippen molar-refractivity contribution in [2.75, 3.05) is 5.32 Å². The number of nitrogens with one attached hydrogen (secondary N) is 1. The summed E-state index contributed by atoms with van der Waals surface area (Å²) in [7, 11) is 0. The Balaban J connectivity index is 1.64. The maximum absolute atomic E-state index is 12.5. The lowest BCUT2D eigenvalue weighted by atomic mass is 9.92. The molecule has 0 unspecified atom stereocenters. The molecule has 2 fully saturated rings. The molecule has 2 aliphatic rings. The van der Waals surface area contributed by atoms with Crippen LogP contribution in [-0.2, 0) is 4.79 Å². The zero-order valence-corrected chi connectivity index (χ0v) is 14.2. The molecular weight excluding hydrogens is 316 g/mol. The van der Waals surface area contributed by atoms with Gasteiger partial charge >= 0.3 is 0 Å². The van der Waals surface area contributed by atoms with Gasteiger partial charge in [0, 0.05) is 6.04 Å². The third-order valence-corrected chi connectivity index (χ3v) is 5.52. The lowest BCUT2D eigenvalue weighted by Crippen LogP contribution is -2.31. The van der Waals surface area contributed by atoms with E-state index in [0.29, 0.717) is 30.5 Å². The highest BCUT2D eigenvalue weighted by molar-refractivity contribution is 5.92. The van der Waals surface area contributed by atoms with Crippen LogP contribution in [0.25, 0.3) is 15.9 Å². The van der Waals surface area contributed by atoms with Crippen molar-refractivity contribution in [1.29, 1.82) is 0 Å². The van der Waals surface area contributed by atoms with Gasteiger partial charge in [-0.25, -0.2) is 9.83 Å². The summed E-state index contributed by atoms with van der Waals surface area (Å²) in [6.45, 7) is 7.22. The summed E-state index contributed by atoms with van der Waals surface area (Å²) >= 11 is 0. The van der Waals surface area contributed by atoms with Crippen LogP contribution in [0.5, 0.6) is 0 Å². The Kier molecular flexibility index (Phi) is 3.97. The van der Waals surface area contributed by atoms with Crippen LogP contribution < -0.4 is 5.32 Å². The number of fused-ring (bicyclic) bond motifs is 1. The number of carbonyl (C=O) groups is 1. The summed E-state index contributed by atoms with van der Waals surface area (Å²) in [5.74, 6) is 0.346. The van der Waals surface area contributed by atoms with Gasteiger partial charge in [0.15, 0.2) is 5.69 Å². The number of amides is 1. The Labute approximate surface area is 146 Å². The van der Waals surface area contributed by atoms with E-state index in [1.165, 1.54) is 6.42 Å². The first-order valence-electron chi connectivity index (χ1n) is 9.00. The van der Waals surface area contributed by atoms with Crippen molar-refractivity contribution >= 4 is 28.6 Å². The second kappa shape index (κ2) is 6.16. The van der Waals surface area contributed by atoms with Crippen molar-refractivity contribution in [2.24, 2.45) is 0 Å². The first-order chi connectivity index (χ1) is 12.1. The topological polar surface area (TPSA) is 71.5 Å². The third kappa shape index (κ3) is 3.00. The van der Waals surface area contributed by atoms with E-state index in [1.54, 1.807) is 6.07 Å². The molecule has 1 amide bonds. The van der Waals surface area contributed by atoms with Crippen LogP contribution in [0.1, 0.15) is 57.4 Å². The van der Waals surface area contributed by atoms with Gasteiger partial charge in [-0.3, -0.25) is 10.1 Å². The van der Waals surface area contributed by atoms with Crippen molar-refractivity contribution in [3.8, 4) is 0 Å². The van der Waals surface area contributed by atoms with Gasteiger partial charge in [-0.15, -0.1) is 0 Å². The van der Waals surface area contributed by atoms with Crippen molar-refractivity contribution < 1.29 is 9.90 Å². The molecule has 0 bridgehead atoms. The highest BCUT2D eigenvalue weighted by atomic mass is 16.3. The van der Waals surface area contributed by atoms with Crippen LogP contribution in [0.4, 0.5) is 11.6 Å². The number of hydrogen-bond acceptors (Lipinski definition) is 3. The van der Waals surface area contributed by atoms with Crippen LogP contribution in [0.2, 0.25) is 0 Å². The molecule has 0 saturated heterocycles. The molecule has 6 heteroatoms. The van der Waals surface area contributed by atoms with E-state index in [4.69, 9.17) is 6.57 Å². The second-order valence-corrected chi connectivity index (χ2v) is 7.33. The number of benzene rings is 1. The molecule has 1 aromatic carbocycles. The highest BCUT2D eigenvalue weighted by Gasteiger charge is 2.34. The predicted octanol–water partition coefficient (Wildman–Crippen LogP) is 3.95. The Hall–Kier alpha value is -2.39. The SMILES string of the molecule is [C-]#[N+]c1ccc2nc(NC(=O)CC3(O)CCCC3)n(C3CCC3)c2c1. The molecule has 2 aliphatic carbocycles. The molecule has 6 nitrogen and oxygen atoms in total. The van der Waals surface area contributed by atoms with Crippen molar-refractivity contribution in [2.45, 2.75) is 63.0 Å². The molecule has 4 rings (SSSR count). The minimum Gasteiger partial charge on any atom is -0.389 e. The zero-order valence-electron chi connectivity index (χ0n) is 14.2. The van der Waals surface area contributed by atoms with Gasteiger partial charge < -0.3 is 9.67 Å². The molecule has 130 valence electrons. The number of aliphatic hydroxyl groups is 1. The Morgan fingerprint density at radius 3 is 2.76 bits per heavy atom. The monoisotopic (exact) mass is 338 g/mol. The number of aromatic nitrogens is 2. The van der Waals surface area contributed by atoms with E-state index < -0.39 is 5.60 Å². The second-order valence-electron chi connectivity index (χ2n) is 7.33. The van der Waals surface area contributed by atoms with Crippen molar-refractivity contribution in [3.63, 3.8) is 0 Å². The van der Waals surface area contributed by atoms with Crippen LogP contribution in [0.15, 0.2) is 18.2 Å². The maximum atomic E-state index is 12.5. The molecule has 0 spiro atoms. The van der Waals surface area contributed by atoms with E-state index in [2.05, 4.69) is 19.7 Å². The number of hydrogen-bond donors (Lipinski definition) is 2. The third-order valence-electron chi connectivity index (χ3n) is 5.52. The molecule has 25 heavy (non-hydrogen) atoms. The molecule has 2 saturated carbocycles. The number of imidazole rings is 1. The van der Waals surface area contributed by atoms with Crippen LogP contribution in [-0.4, -0.2) is 26.2 Å². The zero-order chi connectivity index (χ0) is 17.4. The normalized spacial score (nSPS) is 19.5. The summed E-state index contributed by atoms with van der Waals surface area (Å²) in [6.07, 6.45) is 6.73. The minimum atomic E-state index is -0.866. The molecule has 1 aromatic heterocycles. The number of rotatable bonds is 4. The summed E-state index contributed by atoms with van der Waals surface area (Å²) in [5.41, 5.74) is 1.39. The average Bonchev–Trinajstić information content (AvgIpc) is 3.10. The van der Waals surface area contributed by atoms with Gasteiger partial charge in [-0.05, 0) is 44.2 Å². The van der Waals surface area contributed by atoms with Crippen molar-refractivity contribution in [1.82, 2.24) is 9.55 Å². The Bertz CT molecular complexity index is 854. The largest absolute Gasteiger partial charge is 0.389 e. The van der Waals surface area contributed by atoms with Gasteiger partial charge in [0.25, 0.3) is 0 Å². The van der Waals surface area contributed by atoms with E-state index >= 15 is 0 Å². The lowest BCUT2D eigenvalue weighted by molar-refractivity contribution is -0.120. The smallest absolute Gasteiger partial charge is 0.229 e. The van der Waals surface area contributed by atoms with Gasteiger partial charge in [0.1, 0.15) is 0 Å². The Morgan fingerprint density at radius 1 is 1.36 bits per heavy atom.